The van der Waals surface area contributed by atoms with Crippen LogP contribution in [0.4, 0.5) is 0 Å². The third-order valence-corrected chi connectivity index (χ3v) is 2.21. The minimum Gasteiger partial charge on any atom is -0.458 e. The van der Waals surface area contributed by atoms with E-state index in [-0.39, 0.29) is 12.6 Å². The van der Waals surface area contributed by atoms with E-state index in [1.807, 2.05) is 20.8 Å². The van der Waals surface area contributed by atoms with Gasteiger partial charge in [0.25, 0.3) is 0 Å². The zero-order valence-electron chi connectivity index (χ0n) is 12.0. The van der Waals surface area contributed by atoms with E-state index in [1.54, 1.807) is 0 Å². The molecule has 0 spiro atoms. The number of hydrogen-bond donors (Lipinski definition) is 0. The highest BCUT2D eigenvalue weighted by molar-refractivity contribution is 5.71. The molecule has 0 rings (SSSR count). The summed E-state index contributed by atoms with van der Waals surface area (Å²) in [6, 6.07) is 0. The van der Waals surface area contributed by atoms with Crippen molar-refractivity contribution in [3.8, 4) is 0 Å². The third kappa shape index (κ3) is 13.4. The summed E-state index contributed by atoms with van der Waals surface area (Å²) in [5.41, 5.74) is -0.419. The molecule has 0 heterocycles. The van der Waals surface area contributed by atoms with E-state index >= 15 is 0 Å². The zero-order valence-corrected chi connectivity index (χ0v) is 12.0. The monoisotopic (exact) mass is 244 g/mol. The van der Waals surface area contributed by atoms with Crippen LogP contribution in [-0.2, 0) is 14.3 Å². The van der Waals surface area contributed by atoms with Gasteiger partial charge in [0.05, 0.1) is 0 Å². The number of carbonyl (C=O) groups is 1. The quantitative estimate of drug-likeness (QED) is 0.484. The van der Waals surface area contributed by atoms with E-state index < -0.39 is 5.60 Å². The lowest BCUT2D eigenvalue weighted by Gasteiger charge is -2.19. The lowest BCUT2D eigenvalue weighted by atomic mass is 10.1. The van der Waals surface area contributed by atoms with Crippen molar-refractivity contribution in [1.82, 2.24) is 0 Å². The molecule has 0 bridgehead atoms. The van der Waals surface area contributed by atoms with Gasteiger partial charge in [0.15, 0.2) is 0 Å². The summed E-state index contributed by atoms with van der Waals surface area (Å²) in [6.45, 7) is 10.8. The van der Waals surface area contributed by atoms with Gasteiger partial charge in [0.1, 0.15) is 12.2 Å². The molecule has 0 saturated heterocycles. The molecule has 0 amide bonds. The predicted octanol–water partition coefficient (Wildman–Crippen LogP) is 3.56. The van der Waals surface area contributed by atoms with Crippen LogP contribution in [0.2, 0.25) is 0 Å². The summed E-state index contributed by atoms with van der Waals surface area (Å²) in [5.74, 6) is 0.498. The summed E-state index contributed by atoms with van der Waals surface area (Å²) in [5, 5.41) is 0. The van der Waals surface area contributed by atoms with Crippen LogP contribution < -0.4 is 0 Å². The largest absolute Gasteiger partial charge is 0.458 e. The third-order valence-electron chi connectivity index (χ3n) is 2.21. The van der Waals surface area contributed by atoms with Crippen LogP contribution in [-0.4, -0.2) is 24.8 Å². The van der Waals surface area contributed by atoms with Crippen LogP contribution in [0.25, 0.3) is 0 Å². The van der Waals surface area contributed by atoms with E-state index in [9.17, 15) is 4.79 Å². The number of rotatable bonds is 8. The van der Waals surface area contributed by atoms with Crippen molar-refractivity contribution >= 4 is 5.97 Å². The molecule has 0 N–H and O–H groups in total. The average molecular weight is 244 g/mol. The maximum Gasteiger partial charge on any atom is 0.332 e. The molecular weight excluding hydrogens is 216 g/mol. The van der Waals surface area contributed by atoms with Crippen LogP contribution >= 0.6 is 0 Å². The summed E-state index contributed by atoms with van der Waals surface area (Å²) >= 11 is 0. The van der Waals surface area contributed by atoms with Crippen LogP contribution in [0, 0.1) is 5.92 Å². The van der Waals surface area contributed by atoms with Crippen LogP contribution in [0.3, 0.4) is 0 Å². The van der Waals surface area contributed by atoms with Crippen LogP contribution in [0.15, 0.2) is 0 Å². The Morgan fingerprint density at radius 1 is 1.12 bits per heavy atom. The van der Waals surface area contributed by atoms with E-state index in [2.05, 4.69) is 13.8 Å². The summed E-state index contributed by atoms with van der Waals surface area (Å²) in [7, 11) is 0. The van der Waals surface area contributed by atoms with Gasteiger partial charge in [-0.15, -0.1) is 0 Å². The summed E-state index contributed by atoms with van der Waals surface area (Å²) < 4.78 is 10.4. The highest BCUT2D eigenvalue weighted by Crippen LogP contribution is 2.09. The van der Waals surface area contributed by atoms with E-state index in [0.717, 1.165) is 12.3 Å². The minimum absolute atomic E-state index is 0.0709. The van der Waals surface area contributed by atoms with Crippen molar-refractivity contribution in [2.75, 3.05) is 13.2 Å². The molecule has 0 aliphatic heterocycles. The molecule has 0 saturated carbocycles. The van der Waals surface area contributed by atoms with Gasteiger partial charge in [-0.3, -0.25) is 0 Å². The summed E-state index contributed by atoms with van der Waals surface area (Å²) in [4.78, 5) is 11.3. The number of unbranched alkanes of at least 4 members (excludes halogenated alkanes) is 2. The Kier molecular flexibility index (Phi) is 8.23. The van der Waals surface area contributed by atoms with E-state index in [0.29, 0.717) is 6.61 Å². The Hall–Kier alpha value is -0.570. The maximum atomic E-state index is 11.3. The van der Waals surface area contributed by atoms with Crippen molar-refractivity contribution in [2.45, 2.75) is 65.9 Å². The second kappa shape index (κ2) is 8.51. The fraction of sp³-hybridized carbons (Fsp3) is 0.929. The Balaban J connectivity index is 3.31. The molecule has 0 aromatic heterocycles. The molecule has 0 aromatic rings. The highest BCUT2D eigenvalue weighted by Gasteiger charge is 2.15. The minimum atomic E-state index is -0.419. The topological polar surface area (TPSA) is 35.5 Å². The molecule has 0 aliphatic carbocycles. The second-order valence-electron chi connectivity index (χ2n) is 5.88. The SMILES string of the molecule is CC(C)CCCCCOCC(=O)OC(C)(C)C. The standard InChI is InChI=1S/C14H28O3/c1-12(2)9-7-6-8-10-16-11-13(15)17-14(3,4)5/h12H,6-11H2,1-5H3. The predicted molar refractivity (Wildman–Crippen MR) is 70.0 cm³/mol. The molecule has 3 heteroatoms. The van der Waals surface area contributed by atoms with E-state index in [4.69, 9.17) is 9.47 Å². The molecule has 3 nitrogen and oxygen atoms in total. The first-order chi connectivity index (χ1) is 7.81. The van der Waals surface area contributed by atoms with Gasteiger partial charge < -0.3 is 9.47 Å². The average Bonchev–Trinajstić information content (AvgIpc) is 2.12. The highest BCUT2D eigenvalue weighted by atomic mass is 16.6. The Bertz CT molecular complexity index is 204. The Morgan fingerprint density at radius 3 is 2.29 bits per heavy atom. The second-order valence-corrected chi connectivity index (χ2v) is 5.88. The fourth-order valence-corrected chi connectivity index (χ4v) is 1.46. The van der Waals surface area contributed by atoms with Crippen molar-refractivity contribution in [3.63, 3.8) is 0 Å². The Morgan fingerprint density at radius 2 is 1.76 bits per heavy atom. The molecule has 0 aromatic carbocycles. The van der Waals surface area contributed by atoms with Gasteiger partial charge >= 0.3 is 5.97 Å². The van der Waals surface area contributed by atoms with Crippen molar-refractivity contribution in [3.05, 3.63) is 0 Å². The van der Waals surface area contributed by atoms with Gasteiger partial charge in [0, 0.05) is 6.61 Å². The van der Waals surface area contributed by atoms with Crippen molar-refractivity contribution < 1.29 is 14.3 Å². The van der Waals surface area contributed by atoms with Gasteiger partial charge in [-0.2, -0.15) is 0 Å². The first-order valence-corrected chi connectivity index (χ1v) is 6.61. The number of carbonyl (C=O) groups excluding carboxylic acids is 1. The molecule has 0 fully saturated rings. The zero-order chi connectivity index (χ0) is 13.3. The fourth-order valence-electron chi connectivity index (χ4n) is 1.46. The lowest BCUT2D eigenvalue weighted by Crippen LogP contribution is -2.26. The summed E-state index contributed by atoms with van der Waals surface area (Å²) in [6.07, 6.45) is 4.71. The van der Waals surface area contributed by atoms with Crippen molar-refractivity contribution in [2.24, 2.45) is 5.92 Å². The molecule has 0 aliphatic rings. The van der Waals surface area contributed by atoms with Gasteiger partial charge in [-0.1, -0.05) is 33.1 Å². The lowest BCUT2D eigenvalue weighted by molar-refractivity contribution is -0.160. The van der Waals surface area contributed by atoms with Crippen molar-refractivity contribution in [1.29, 1.82) is 0 Å². The number of hydrogen-bond acceptors (Lipinski definition) is 3. The number of ether oxygens (including phenoxy) is 2. The van der Waals surface area contributed by atoms with Crippen LogP contribution in [0.1, 0.15) is 60.3 Å². The normalized spacial score (nSPS) is 11.9. The number of esters is 1. The smallest absolute Gasteiger partial charge is 0.332 e. The maximum absolute atomic E-state index is 11.3. The molecule has 102 valence electrons. The first kappa shape index (κ1) is 16.4. The van der Waals surface area contributed by atoms with Gasteiger partial charge in [-0.05, 0) is 33.1 Å². The molecule has 0 radical (unpaired) electrons. The molecule has 17 heavy (non-hydrogen) atoms. The van der Waals surface area contributed by atoms with Gasteiger partial charge in [0.2, 0.25) is 0 Å². The first-order valence-electron chi connectivity index (χ1n) is 6.61. The molecular formula is C14H28O3. The van der Waals surface area contributed by atoms with Gasteiger partial charge in [-0.25, -0.2) is 4.79 Å². The van der Waals surface area contributed by atoms with E-state index in [1.165, 1.54) is 19.3 Å². The molecule has 0 unspecified atom stereocenters. The van der Waals surface area contributed by atoms with Crippen LogP contribution in [0.5, 0.6) is 0 Å². The molecule has 0 atom stereocenters. The Labute approximate surface area is 106 Å².